The lowest BCUT2D eigenvalue weighted by Gasteiger charge is -2.07. The summed E-state index contributed by atoms with van der Waals surface area (Å²) in [6.45, 7) is 4.57. The van der Waals surface area contributed by atoms with Gasteiger partial charge in [-0.2, -0.15) is 0 Å². The van der Waals surface area contributed by atoms with Crippen LogP contribution in [0.3, 0.4) is 0 Å². The molecule has 1 heterocycles. The van der Waals surface area contributed by atoms with E-state index >= 15 is 0 Å². The van der Waals surface area contributed by atoms with Gasteiger partial charge in [0.05, 0.1) is 12.1 Å². The first-order chi connectivity index (χ1) is 9.10. The molecule has 0 radical (unpaired) electrons. The Labute approximate surface area is 116 Å². The molecule has 1 aromatic carbocycles. The molecular weight excluding hydrogens is 260 g/mol. The van der Waals surface area contributed by atoms with Gasteiger partial charge in [-0.25, -0.2) is 9.78 Å². The summed E-state index contributed by atoms with van der Waals surface area (Å²) in [5.41, 5.74) is 2.01. The minimum absolute atomic E-state index is 0.341. The number of nitrogens with zero attached hydrogens (tertiary/aromatic N) is 1. The fraction of sp³-hybridized carbons (Fsp3) is 0.286. The van der Waals surface area contributed by atoms with Gasteiger partial charge in [-0.15, -0.1) is 11.3 Å². The first-order valence-electron chi connectivity index (χ1n) is 6.11. The van der Waals surface area contributed by atoms with Crippen molar-refractivity contribution in [3.8, 4) is 0 Å². The van der Waals surface area contributed by atoms with E-state index in [0.717, 1.165) is 22.7 Å². The highest BCUT2D eigenvalue weighted by atomic mass is 32.1. The zero-order chi connectivity index (χ0) is 13.8. The molecule has 100 valence electrons. The van der Waals surface area contributed by atoms with Crippen LogP contribution in [0.2, 0.25) is 0 Å². The van der Waals surface area contributed by atoms with Crippen molar-refractivity contribution in [2.45, 2.75) is 26.8 Å². The molecule has 4 nitrogen and oxygen atoms in total. The van der Waals surface area contributed by atoms with Crippen molar-refractivity contribution in [1.29, 1.82) is 0 Å². The van der Waals surface area contributed by atoms with Crippen LogP contribution in [0, 0.1) is 6.92 Å². The van der Waals surface area contributed by atoms with Gasteiger partial charge in [-0.05, 0) is 37.1 Å². The van der Waals surface area contributed by atoms with Gasteiger partial charge in [0.15, 0.2) is 0 Å². The maximum Gasteiger partial charge on any atom is 0.335 e. The van der Waals surface area contributed by atoms with Gasteiger partial charge in [-0.1, -0.05) is 6.92 Å². The fourth-order valence-electron chi connectivity index (χ4n) is 1.78. The van der Waals surface area contributed by atoms with Crippen molar-refractivity contribution in [2.24, 2.45) is 0 Å². The topological polar surface area (TPSA) is 62.2 Å². The monoisotopic (exact) mass is 276 g/mol. The molecule has 0 fully saturated rings. The minimum atomic E-state index is -0.892. The van der Waals surface area contributed by atoms with Gasteiger partial charge in [0.2, 0.25) is 0 Å². The van der Waals surface area contributed by atoms with Gasteiger partial charge in [-0.3, -0.25) is 0 Å². The van der Waals surface area contributed by atoms with E-state index in [0.29, 0.717) is 12.1 Å². The summed E-state index contributed by atoms with van der Waals surface area (Å²) in [4.78, 5) is 16.5. The molecule has 0 spiro atoms. The number of thiazole rings is 1. The van der Waals surface area contributed by atoms with Crippen molar-refractivity contribution < 1.29 is 9.90 Å². The average Bonchev–Trinajstić information content (AvgIpc) is 2.84. The number of carboxylic acids is 1. The summed E-state index contributed by atoms with van der Waals surface area (Å²) in [5.74, 6) is -0.892. The third-order valence-corrected chi connectivity index (χ3v) is 3.99. The van der Waals surface area contributed by atoms with Crippen LogP contribution in [-0.4, -0.2) is 16.1 Å². The number of aryl methyl sites for hydroxylation is 2. The summed E-state index contributed by atoms with van der Waals surface area (Å²) >= 11 is 1.70. The highest BCUT2D eigenvalue weighted by molar-refractivity contribution is 7.11. The van der Waals surface area contributed by atoms with Gasteiger partial charge in [0, 0.05) is 16.8 Å². The summed E-state index contributed by atoms with van der Waals surface area (Å²) in [5, 5.41) is 13.3. The summed E-state index contributed by atoms with van der Waals surface area (Å²) in [6, 6.07) is 5.25. The van der Waals surface area contributed by atoms with E-state index in [9.17, 15) is 4.79 Å². The Kier molecular flexibility index (Phi) is 4.16. The van der Waals surface area contributed by atoms with Gasteiger partial charge in [0.1, 0.15) is 5.01 Å². The molecule has 0 atom stereocenters. The number of rotatable bonds is 5. The standard InChI is InChI=1S/C14H16N2O2S/c1-3-11-7-16-13(19-11)8-15-10-4-5-12(14(17)18)9(2)6-10/h4-7,15H,3,8H2,1-2H3,(H,17,18). The van der Waals surface area contributed by atoms with Crippen LogP contribution in [0.1, 0.15) is 32.7 Å². The van der Waals surface area contributed by atoms with Crippen molar-refractivity contribution in [3.63, 3.8) is 0 Å². The van der Waals surface area contributed by atoms with Crippen molar-refractivity contribution in [3.05, 3.63) is 45.4 Å². The first kappa shape index (κ1) is 13.5. The van der Waals surface area contributed by atoms with E-state index in [1.54, 1.807) is 30.4 Å². The molecule has 0 saturated heterocycles. The lowest BCUT2D eigenvalue weighted by Crippen LogP contribution is -2.02. The lowest BCUT2D eigenvalue weighted by molar-refractivity contribution is 0.0696. The molecule has 0 bridgehead atoms. The van der Waals surface area contributed by atoms with Crippen LogP contribution in [0.15, 0.2) is 24.4 Å². The highest BCUT2D eigenvalue weighted by Gasteiger charge is 2.07. The Hall–Kier alpha value is -1.88. The number of hydrogen-bond donors (Lipinski definition) is 2. The SMILES string of the molecule is CCc1cnc(CNc2ccc(C(=O)O)c(C)c2)s1. The molecule has 0 amide bonds. The van der Waals surface area contributed by atoms with Crippen LogP contribution >= 0.6 is 11.3 Å². The van der Waals surface area contributed by atoms with E-state index in [2.05, 4.69) is 17.2 Å². The van der Waals surface area contributed by atoms with Crippen molar-refractivity contribution in [2.75, 3.05) is 5.32 Å². The van der Waals surface area contributed by atoms with Crippen LogP contribution in [0.25, 0.3) is 0 Å². The first-order valence-corrected chi connectivity index (χ1v) is 6.93. The van der Waals surface area contributed by atoms with Crippen LogP contribution in [0.4, 0.5) is 5.69 Å². The van der Waals surface area contributed by atoms with E-state index in [1.165, 1.54) is 4.88 Å². The number of nitrogens with one attached hydrogen (secondary N) is 1. The Balaban J connectivity index is 2.03. The number of benzene rings is 1. The number of aromatic carboxylic acids is 1. The maximum atomic E-state index is 10.9. The number of aromatic nitrogens is 1. The minimum Gasteiger partial charge on any atom is -0.478 e. The Morgan fingerprint density at radius 2 is 2.26 bits per heavy atom. The largest absolute Gasteiger partial charge is 0.478 e. The Morgan fingerprint density at radius 1 is 1.47 bits per heavy atom. The summed E-state index contributed by atoms with van der Waals surface area (Å²) in [7, 11) is 0. The summed E-state index contributed by atoms with van der Waals surface area (Å²) < 4.78 is 0. The molecular formula is C14H16N2O2S. The number of hydrogen-bond acceptors (Lipinski definition) is 4. The van der Waals surface area contributed by atoms with Gasteiger partial charge in [0.25, 0.3) is 0 Å². The Morgan fingerprint density at radius 3 is 2.84 bits per heavy atom. The third-order valence-electron chi connectivity index (χ3n) is 2.85. The average molecular weight is 276 g/mol. The molecule has 2 rings (SSSR count). The van der Waals surface area contributed by atoms with E-state index in [1.807, 2.05) is 12.3 Å². The van der Waals surface area contributed by atoms with Crippen LogP contribution < -0.4 is 5.32 Å². The number of anilines is 1. The zero-order valence-electron chi connectivity index (χ0n) is 10.9. The molecule has 19 heavy (non-hydrogen) atoms. The molecule has 1 aromatic heterocycles. The van der Waals surface area contributed by atoms with E-state index in [-0.39, 0.29) is 0 Å². The van der Waals surface area contributed by atoms with Crippen molar-refractivity contribution in [1.82, 2.24) is 4.98 Å². The molecule has 0 aliphatic carbocycles. The molecule has 0 aliphatic heterocycles. The van der Waals surface area contributed by atoms with Crippen LogP contribution in [-0.2, 0) is 13.0 Å². The van der Waals surface area contributed by atoms with Crippen LogP contribution in [0.5, 0.6) is 0 Å². The highest BCUT2D eigenvalue weighted by Crippen LogP contribution is 2.18. The smallest absolute Gasteiger partial charge is 0.335 e. The zero-order valence-corrected chi connectivity index (χ0v) is 11.8. The predicted molar refractivity (Wildman–Crippen MR) is 77.0 cm³/mol. The molecule has 2 aromatic rings. The predicted octanol–water partition coefficient (Wildman–Crippen LogP) is 3.32. The molecule has 0 unspecified atom stereocenters. The quantitative estimate of drug-likeness (QED) is 0.879. The third kappa shape index (κ3) is 3.32. The molecule has 5 heteroatoms. The second-order valence-corrected chi connectivity index (χ2v) is 5.46. The van der Waals surface area contributed by atoms with Gasteiger partial charge < -0.3 is 10.4 Å². The normalized spacial score (nSPS) is 10.4. The maximum absolute atomic E-state index is 10.9. The Bertz CT molecular complexity index is 593. The fourth-order valence-corrected chi connectivity index (χ4v) is 2.59. The summed E-state index contributed by atoms with van der Waals surface area (Å²) in [6.07, 6.45) is 2.91. The number of carbonyl (C=O) groups is 1. The van der Waals surface area contributed by atoms with Crippen molar-refractivity contribution >= 4 is 23.0 Å². The number of carboxylic acid groups (broad SMARTS) is 1. The molecule has 0 saturated carbocycles. The van der Waals surface area contributed by atoms with E-state index < -0.39 is 5.97 Å². The van der Waals surface area contributed by atoms with Gasteiger partial charge >= 0.3 is 5.97 Å². The second kappa shape index (κ2) is 5.84. The van der Waals surface area contributed by atoms with E-state index in [4.69, 9.17) is 5.11 Å². The molecule has 2 N–H and O–H groups in total. The molecule has 0 aliphatic rings. The lowest BCUT2D eigenvalue weighted by atomic mass is 10.1. The second-order valence-electron chi connectivity index (χ2n) is 4.26.